The predicted octanol–water partition coefficient (Wildman–Crippen LogP) is 7.16. The maximum atomic E-state index is 5.98. The largest absolute Gasteiger partial charge is 0.456 e. The van der Waals surface area contributed by atoms with Crippen molar-refractivity contribution < 1.29 is 4.42 Å². The Morgan fingerprint density at radius 1 is 0.808 bits per heavy atom. The van der Waals surface area contributed by atoms with Gasteiger partial charge in [0.2, 0.25) is 0 Å². The van der Waals surface area contributed by atoms with Gasteiger partial charge in [-0.05, 0) is 62.4 Å². The molecule has 0 fully saturated rings. The van der Waals surface area contributed by atoms with Crippen LogP contribution in [0.2, 0.25) is 0 Å². The average molecular weight is 339 g/mol. The van der Waals surface area contributed by atoms with Crippen molar-refractivity contribution in [2.75, 3.05) is 4.90 Å². The minimum absolute atomic E-state index is 0.895. The highest BCUT2D eigenvalue weighted by Crippen LogP contribution is 2.33. The second-order valence-corrected chi connectivity index (χ2v) is 6.30. The average Bonchev–Trinajstić information content (AvgIpc) is 3.13. The van der Waals surface area contributed by atoms with E-state index in [4.69, 9.17) is 4.42 Å². The number of hydrogen-bond donors (Lipinski definition) is 0. The summed E-state index contributed by atoms with van der Waals surface area (Å²) in [5.74, 6) is 0.895. The summed E-state index contributed by atoms with van der Waals surface area (Å²) in [7, 11) is 0. The van der Waals surface area contributed by atoms with E-state index in [1.807, 2.05) is 24.3 Å². The van der Waals surface area contributed by atoms with Crippen molar-refractivity contribution in [3.63, 3.8) is 0 Å². The molecule has 1 aromatic heterocycles. The van der Waals surface area contributed by atoms with Gasteiger partial charge < -0.3 is 9.32 Å². The van der Waals surface area contributed by atoms with Gasteiger partial charge in [0.15, 0.2) is 0 Å². The van der Waals surface area contributed by atoms with Crippen LogP contribution >= 0.6 is 0 Å². The Bertz CT molecular complexity index is 1010. The van der Waals surface area contributed by atoms with Crippen molar-refractivity contribution in [1.29, 1.82) is 0 Å². The Morgan fingerprint density at radius 2 is 1.46 bits per heavy atom. The zero-order valence-electron chi connectivity index (χ0n) is 15.0. The van der Waals surface area contributed by atoms with Gasteiger partial charge in [-0.15, -0.1) is 0 Å². The Kier molecular flexibility index (Phi) is 4.32. The number of fused-ring (bicyclic) bond motifs is 1. The smallest absolute Gasteiger partial charge is 0.135 e. The lowest BCUT2D eigenvalue weighted by molar-refractivity contribution is 0.631. The van der Waals surface area contributed by atoms with Crippen molar-refractivity contribution in [2.45, 2.75) is 13.8 Å². The molecular weight excluding hydrogens is 318 g/mol. The number of rotatable bonds is 4. The molecule has 0 radical (unpaired) electrons. The molecule has 0 aliphatic rings. The molecule has 0 unspecified atom stereocenters. The van der Waals surface area contributed by atoms with Gasteiger partial charge in [0.1, 0.15) is 11.3 Å². The molecule has 0 aliphatic carbocycles. The molecule has 128 valence electrons. The van der Waals surface area contributed by atoms with Crippen LogP contribution in [0.15, 0.2) is 101 Å². The van der Waals surface area contributed by atoms with E-state index >= 15 is 0 Å². The third-order valence-corrected chi connectivity index (χ3v) is 4.62. The zero-order valence-corrected chi connectivity index (χ0v) is 15.0. The Morgan fingerprint density at radius 3 is 2.15 bits per heavy atom. The van der Waals surface area contributed by atoms with Gasteiger partial charge in [-0.1, -0.05) is 42.5 Å². The second kappa shape index (κ2) is 6.93. The number of benzene rings is 3. The van der Waals surface area contributed by atoms with Gasteiger partial charge in [0, 0.05) is 28.0 Å². The number of hydrogen-bond acceptors (Lipinski definition) is 2. The molecule has 2 nitrogen and oxygen atoms in total. The van der Waals surface area contributed by atoms with Crippen molar-refractivity contribution in [2.24, 2.45) is 0 Å². The highest BCUT2D eigenvalue weighted by Gasteiger charge is 2.12. The van der Waals surface area contributed by atoms with Crippen LogP contribution in [0.5, 0.6) is 0 Å². The summed E-state index contributed by atoms with van der Waals surface area (Å²) in [5, 5.41) is 1.13. The topological polar surface area (TPSA) is 16.4 Å². The van der Waals surface area contributed by atoms with E-state index in [0.717, 1.165) is 33.7 Å². The van der Waals surface area contributed by atoms with E-state index < -0.39 is 0 Å². The predicted molar refractivity (Wildman–Crippen MR) is 110 cm³/mol. The van der Waals surface area contributed by atoms with Gasteiger partial charge >= 0.3 is 0 Å². The lowest BCUT2D eigenvalue weighted by atomic mass is 10.1. The van der Waals surface area contributed by atoms with E-state index in [1.54, 1.807) is 0 Å². The van der Waals surface area contributed by atoms with E-state index in [2.05, 4.69) is 85.5 Å². The first-order valence-corrected chi connectivity index (χ1v) is 8.83. The number of nitrogens with zero attached hydrogens (tertiary/aromatic N) is 1. The van der Waals surface area contributed by atoms with Gasteiger partial charge in [-0.3, -0.25) is 0 Å². The zero-order chi connectivity index (χ0) is 17.9. The van der Waals surface area contributed by atoms with Crippen molar-refractivity contribution in [1.82, 2.24) is 0 Å². The minimum atomic E-state index is 0.895. The molecule has 4 aromatic rings. The van der Waals surface area contributed by atoms with Crippen LogP contribution in [0.25, 0.3) is 22.3 Å². The number of furan rings is 1. The molecule has 0 bridgehead atoms. The Hall–Kier alpha value is -3.26. The molecule has 0 amide bonds. The highest BCUT2D eigenvalue weighted by molar-refractivity contribution is 5.83. The summed E-state index contributed by atoms with van der Waals surface area (Å²) in [6, 6.07) is 29.1. The Labute approximate surface area is 154 Å². The van der Waals surface area contributed by atoms with Crippen LogP contribution in [0.3, 0.4) is 0 Å². The summed E-state index contributed by atoms with van der Waals surface area (Å²) >= 11 is 0. The van der Waals surface area contributed by atoms with E-state index in [0.29, 0.717) is 0 Å². The van der Waals surface area contributed by atoms with Crippen LogP contribution < -0.4 is 4.90 Å². The molecule has 0 saturated heterocycles. The molecule has 4 rings (SSSR count). The summed E-state index contributed by atoms with van der Waals surface area (Å²) in [4.78, 5) is 2.25. The highest BCUT2D eigenvalue weighted by atomic mass is 16.3. The first-order chi connectivity index (χ1) is 12.8. The molecule has 2 heteroatoms. The van der Waals surface area contributed by atoms with Gasteiger partial charge in [-0.25, -0.2) is 0 Å². The number of anilines is 2. The van der Waals surface area contributed by atoms with Crippen molar-refractivity contribution >= 4 is 22.3 Å². The second-order valence-electron chi connectivity index (χ2n) is 6.30. The molecular formula is C24H21NO. The standard InChI is InChI=1S/C24H21NO/c1-3-18(2)25(21-10-5-4-6-11-21)22-15-13-19(14-16-22)24-17-20-9-7-8-12-23(20)26-24/h3-17H,1-2H3/b18-3+. The fourth-order valence-electron chi connectivity index (χ4n) is 3.16. The number of allylic oxidation sites excluding steroid dienone is 2. The minimum Gasteiger partial charge on any atom is -0.456 e. The summed E-state index contributed by atoms with van der Waals surface area (Å²) in [5.41, 5.74) is 5.47. The molecule has 26 heavy (non-hydrogen) atoms. The SMILES string of the molecule is C/C=C(\C)N(c1ccccc1)c1ccc(-c2cc3ccccc3o2)cc1. The quantitative estimate of drug-likeness (QED) is 0.392. The fourth-order valence-corrected chi connectivity index (χ4v) is 3.16. The molecule has 1 heterocycles. The first-order valence-electron chi connectivity index (χ1n) is 8.83. The van der Waals surface area contributed by atoms with Gasteiger partial charge in [0.25, 0.3) is 0 Å². The molecule has 0 spiro atoms. The monoisotopic (exact) mass is 339 g/mol. The molecule has 3 aromatic carbocycles. The lowest BCUT2D eigenvalue weighted by Gasteiger charge is -2.26. The Balaban J connectivity index is 1.71. The fraction of sp³-hybridized carbons (Fsp3) is 0.0833. The third kappa shape index (κ3) is 3.02. The summed E-state index contributed by atoms with van der Waals surface area (Å²) in [6.45, 7) is 4.19. The molecule has 0 saturated carbocycles. The van der Waals surface area contributed by atoms with Crippen LogP contribution in [-0.2, 0) is 0 Å². The van der Waals surface area contributed by atoms with Gasteiger partial charge in [-0.2, -0.15) is 0 Å². The summed E-state index contributed by atoms with van der Waals surface area (Å²) < 4.78 is 5.98. The van der Waals surface area contributed by atoms with E-state index in [9.17, 15) is 0 Å². The molecule has 0 atom stereocenters. The van der Waals surface area contributed by atoms with Crippen LogP contribution in [0.1, 0.15) is 13.8 Å². The third-order valence-electron chi connectivity index (χ3n) is 4.62. The number of para-hydroxylation sites is 2. The first kappa shape index (κ1) is 16.2. The normalized spacial score (nSPS) is 11.7. The van der Waals surface area contributed by atoms with Crippen LogP contribution in [0.4, 0.5) is 11.4 Å². The lowest BCUT2D eigenvalue weighted by Crippen LogP contribution is -2.13. The van der Waals surface area contributed by atoms with Crippen LogP contribution in [-0.4, -0.2) is 0 Å². The van der Waals surface area contributed by atoms with Gasteiger partial charge in [0.05, 0.1) is 0 Å². The maximum Gasteiger partial charge on any atom is 0.135 e. The van der Waals surface area contributed by atoms with Crippen LogP contribution in [0, 0.1) is 0 Å². The molecule has 0 N–H and O–H groups in total. The van der Waals surface area contributed by atoms with Crippen molar-refractivity contribution in [3.05, 3.63) is 96.7 Å². The maximum absolute atomic E-state index is 5.98. The van der Waals surface area contributed by atoms with Crippen molar-refractivity contribution in [3.8, 4) is 11.3 Å². The summed E-state index contributed by atoms with van der Waals surface area (Å²) in [6.07, 6.45) is 2.13. The molecule has 0 aliphatic heterocycles. The van der Waals surface area contributed by atoms with E-state index in [1.165, 1.54) is 5.70 Å². The van der Waals surface area contributed by atoms with E-state index in [-0.39, 0.29) is 0 Å².